The molecule has 3 aromatic heterocycles. The molecular weight excluding hydrogens is 801 g/mol. The number of fused-ring (bicyclic) bond motifs is 6. The van der Waals surface area contributed by atoms with E-state index in [0.29, 0.717) is 44.6 Å². The maximum absolute atomic E-state index is 14.8. The minimum absolute atomic E-state index is 0.00425. The number of phenolic OH excluding ortho intramolecular Hbond substituents is 1. The van der Waals surface area contributed by atoms with Gasteiger partial charge in [-0.3, -0.25) is 29.2 Å². The van der Waals surface area contributed by atoms with E-state index in [2.05, 4.69) is 63.2 Å². The first-order valence-electron chi connectivity index (χ1n) is 21.7. The van der Waals surface area contributed by atoms with E-state index in [1.54, 1.807) is 25.4 Å². The molecule has 0 unspecified atom stereocenters. The Morgan fingerprint density at radius 3 is 2.59 bits per heavy atom. The molecule has 1 saturated heterocycles. The summed E-state index contributed by atoms with van der Waals surface area (Å²) in [5.74, 6) is -1.92. The molecule has 63 heavy (non-hydrogen) atoms. The molecule has 3 atom stereocenters. The standard InChI is InChI=1S/C48H60N8O7/c1-9-55-40-12-11-32-23-36(40)37(42(55)38-25-49-15-13-33(38)26-62-8)24-47(5,6)27-63-28-48(30(4)57)14-10-18-56(53-48)45(60)39(21-31-19-34(32)22-35(58)20-31)52-44(59)41(29(2)3)54(7)46(61)43-50-16-17-51-43/h11-13,15-17,19-20,22-23,25,29,39,41,53,58H,9-10,14,18,21,24,26-28H2,1-8H3,(H,50,51)(H,52,59)/t39-,41-,48-/m0/s1. The van der Waals surface area contributed by atoms with Crippen LogP contribution in [0, 0.1) is 11.3 Å². The number of amides is 3. The molecule has 334 valence electrons. The lowest BCUT2D eigenvalue weighted by Crippen LogP contribution is -2.68. The van der Waals surface area contributed by atoms with Gasteiger partial charge in [-0.25, -0.2) is 10.4 Å². The molecule has 0 spiro atoms. The van der Waals surface area contributed by atoms with Crippen molar-refractivity contribution < 1.29 is 33.8 Å². The van der Waals surface area contributed by atoms with Crippen molar-refractivity contribution in [2.45, 2.75) is 98.0 Å². The number of aromatic nitrogens is 4. The van der Waals surface area contributed by atoms with E-state index >= 15 is 0 Å². The molecule has 0 saturated carbocycles. The zero-order chi connectivity index (χ0) is 45.2. The van der Waals surface area contributed by atoms with Crippen LogP contribution in [-0.4, -0.2) is 110 Å². The maximum Gasteiger partial charge on any atom is 0.290 e. The van der Waals surface area contributed by atoms with Crippen LogP contribution in [0.15, 0.2) is 67.3 Å². The van der Waals surface area contributed by atoms with Crippen molar-refractivity contribution in [3.63, 3.8) is 0 Å². The highest BCUT2D eigenvalue weighted by molar-refractivity contribution is 5.97. The van der Waals surface area contributed by atoms with Crippen molar-refractivity contribution in [3.8, 4) is 28.1 Å². The van der Waals surface area contributed by atoms with Gasteiger partial charge in [0.05, 0.1) is 25.5 Å². The summed E-state index contributed by atoms with van der Waals surface area (Å²) in [5, 5.41) is 16.8. The van der Waals surface area contributed by atoms with Crippen molar-refractivity contribution in [1.82, 2.24) is 40.2 Å². The van der Waals surface area contributed by atoms with Crippen LogP contribution in [0.4, 0.5) is 0 Å². The van der Waals surface area contributed by atoms with Crippen molar-refractivity contribution in [2.75, 3.05) is 33.9 Å². The van der Waals surface area contributed by atoms with Crippen molar-refractivity contribution in [3.05, 3.63) is 89.8 Å². The first-order valence-corrected chi connectivity index (χ1v) is 21.7. The second kappa shape index (κ2) is 18.4. The third-order valence-corrected chi connectivity index (χ3v) is 12.4. The molecule has 6 bridgehead atoms. The van der Waals surface area contributed by atoms with E-state index < -0.39 is 40.8 Å². The molecule has 7 rings (SSSR count). The number of carbonyl (C=O) groups excluding carboxylic acids is 4. The van der Waals surface area contributed by atoms with Crippen LogP contribution >= 0.6 is 0 Å². The minimum Gasteiger partial charge on any atom is -0.508 e. The monoisotopic (exact) mass is 860 g/mol. The molecular formula is C48H60N8O7. The molecule has 0 radical (unpaired) electrons. The Kier molecular flexibility index (Phi) is 13.2. The van der Waals surface area contributed by atoms with Gasteiger partial charge in [0.1, 0.15) is 23.4 Å². The molecule has 2 aliphatic rings. The molecule has 1 fully saturated rings. The second-order valence-corrected chi connectivity index (χ2v) is 18.1. The normalized spacial score (nSPS) is 19.7. The van der Waals surface area contributed by atoms with Gasteiger partial charge in [0.15, 0.2) is 11.6 Å². The number of hydrogen-bond donors (Lipinski definition) is 4. The number of carbonyl (C=O) groups is 4. The minimum atomic E-state index is -1.21. The summed E-state index contributed by atoms with van der Waals surface area (Å²) in [6.45, 7) is 13.3. The van der Waals surface area contributed by atoms with Crippen LogP contribution in [0.1, 0.15) is 81.7 Å². The molecule has 0 aliphatic carbocycles. The highest BCUT2D eigenvalue weighted by Gasteiger charge is 2.44. The molecule has 4 N–H and O–H groups in total. The van der Waals surface area contributed by atoms with Gasteiger partial charge in [0, 0.05) is 74.9 Å². The Labute approximate surface area is 368 Å². The Bertz CT molecular complexity index is 2500. The molecule has 2 aliphatic heterocycles. The summed E-state index contributed by atoms with van der Waals surface area (Å²) in [5.41, 5.74) is 8.99. The van der Waals surface area contributed by atoms with Crippen LogP contribution in [0.3, 0.4) is 0 Å². The van der Waals surface area contributed by atoms with Crippen LogP contribution in [-0.2, 0) is 49.9 Å². The van der Waals surface area contributed by atoms with Gasteiger partial charge in [0.25, 0.3) is 11.8 Å². The van der Waals surface area contributed by atoms with Gasteiger partial charge in [-0.1, -0.05) is 39.8 Å². The average Bonchev–Trinajstić information content (AvgIpc) is 3.89. The topological polar surface area (TPSA) is 184 Å². The third kappa shape index (κ3) is 9.27. The second-order valence-electron chi connectivity index (χ2n) is 18.1. The lowest BCUT2D eigenvalue weighted by atomic mass is 9.83. The molecule has 2 aromatic carbocycles. The predicted octanol–water partition coefficient (Wildman–Crippen LogP) is 5.84. The molecule has 15 heteroatoms. The number of nitrogens with zero attached hydrogens (tertiary/aromatic N) is 5. The number of aromatic amines is 1. The number of nitrogens with one attached hydrogen (secondary N) is 3. The number of rotatable bonds is 10. The number of aromatic hydroxyl groups is 1. The first kappa shape index (κ1) is 45.1. The Hall–Kier alpha value is -5.90. The Balaban J connectivity index is 1.37. The molecule has 15 nitrogen and oxygen atoms in total. The smallest absolute Gasteiger partial charge is 0.290 e. The van der Waals surface area contributed by atoms with Gasteiger partial charge >= 0.3 is 0 Å². The number of pyridine rings is 1. The number of likely N-dealkylation sites (N-methyl/N-ethyl adjacent to an activating group) is 1. The number of phenols is 1. The van der Waals surface area contributed by atoms with Crippen LogP contribution in [0.5, 0.6) is 5.75 Å². The number of ether oxygens (including phenoxy) is 2. The SMILES string of the molecule is CCn1c(-c2cnccc2COC)c2c3cc(ccc31)-c1cc(O)cc(c1)C[C@H](NC(=O)[C@H](C(C)C)N(C)C(=O)c1ncc[nH]1)C(=O)N1CCC[C@@](C(C)=O)(COCC(C)(C)C2)N1. The summed E-state index contributed by atoms with van der Waals surface area (Å²) < 4.78 is 14.5. The lowest BCUT2D eigenvalue weighted by Gasteiger charge is -2.43. The number of imidazole rings is 1. The number of benzene rings is 2. The average molecular weight is 861 g/mol. The van der Waals surface area contributed by atoms with Gasteiger partial charge in [-0.2, -0.15) is 0 Å². The Morgan fingerprint density at radius 1 is 1.10 bits per heavy atom. The fraction of sp³-hybridized carbons (Fsp3) is 0.458. The highest BCUT2D eigenvalue weighted by Crippen LogP contribution is 2.41. The molecule has 3 amide bonds. The predicted molar refractivity (Wildman–Crippen MR) is 239 cm³/mol. The van der Waals surface area contributed by atoms with Crippen molar-refractivity contribution >= 4 is 34.4 Å². The number of hydrazine groups is 1. The van der Waals surface area contributed by atoms with Crippen molar-refractivity contribution in [1.29, 1.82) is 0 Å². The number of H-pyrrole nitrogens is 1. The van der Waals surface area contributed by atoms with E-state index in [-0.39, 0.29) is 42.8 Å². The fourth-order valence-electron chi connectivity index (χ4n) is 9.34. The van der Waals surface area contributed by atoms with Gasteiger partial charge in [-0.05, 0) is 103 Å². The van der Waals surface area contributed by atoms with E-state index in [1.807, 2.05) is 38.2 Å². The van der Waals surface area contributed by atoms with Gasteiger partial charge < -0.3 is 34.3 Å². The summed E-state index contributed by atoms with van der Waals surface area (Å²) in [7, 11) is 3.22. The largest absolute Gasteiger partial charge is 0.508 e. The van der Waals surface area contributed by atoms with Crippen LogP contribution in [0.25, 0.3) is 33.3 Å². The lowest BCUT2D eigenvalue weighted by molar-refractivity contribution is -0.150. The molecule has 5 aromatic rings. The number of aryl methyl sites for hydroxylation is 1. The van der Waals surface area contributed by atoms with Gasteiger partial charge in [-0.15, -0.1) is 0 Å². The summed E-state index contributed by atoms with van der Waals surface area (Å²) in [6.07, 6.45) is 8.23. The fourth-order valence-corrected chi connectivity index (χ4v) is 9.34. The number of ketones is 1. The first-order chi connectivity index (χ1) is 30.1. The summed E-state index contributed by atoms with van der Waals surface area (Å²) in [6, 6.07) is 11.4. The number of methoxy groups -OCH3 is 1. The Morgan fingerprint density at radius 2 is 1.89 bits per heavy atom. The van der Waals surface area contributed by atoms with Crippen LogP contribution < -0.4 is 10.7 Å². The molecule has 5 heterocycles. The quantitative estimate of drug-likeness (QED) is 0.133. The third-order valence-electron chi connectivity index (χ3n) is 12.4. The maximum atomic E-state index is 14.8. The van der Waals surface area contributed by atoms with E-state index in [1.165, 1.54) is 36.3 Å². The van der Waals surface area contributed by atoms with E-state index in [0.717, 1.165) is 44.4 Å². The number of Topliss-reactive ketones (excluding diaryl/α,β-unsaturated/α-hetero) is 1. The van der Waals surface area contributed by atoms with E-state index in [9.17, 15) is 24.3 Å². The van der Waals surface area contributed by atoms with Crippen molar-refractivity contribution in [2.24, 2.45) is 11.3 Å². The van der Waals surface area contributed by atoms with Crippen LogP contribution in [0.2, 0.25) is 0 Å². The summed E-state index contributed by atoms with van der Waals surface area (Å²) >= 11 is 0. The zero-order valence-electron chi connectivity index (χ0n) is 37.6. The highest BCUT2D eigenvalue weighted by atomic mass is 16.5. The zero-order valence-corrected chi connectivity index (χ0v) is 37.6. The summed E-state index contributed by atoms with van der Waals surface area (Å²) in [4.78, 5) is 69.1. The van der Waals surface area contributed by atoms with E-state index in [4.69, 9.17) is 9.47 Å². The van der Waals surface area contributed by atoms with Gasteiger partial charge in [0.2, 0.25) is 5.91 Å². The number of hydrogen-bond acceptors (Lipinski definition) is 10.